The number of aromatic nitrogens is 1. The summed E-state index contributed by atoms with van der Waals surface area (Å²) in [6.07, 6.45) is 6.70. The Labute approximate surface area is 131 Å². The number of carbonyl (C=O) groups excluding carboxylic acids is 1. The average Bonchev–Trinajstić information content (AvgIpc) is 2.94. The quantitative estimate of drug-likeness (QED) is 0.671. The highest BCUT2D eigenvalue weighted by atomic mass is 16.5. The van der Waals surface area contributed by atoms with Gasteiger partial charge in [-0.1, -0.05) is 5.16 Å². The van der Waals surface area contributed by atoms with Gasteiger partial charge in [-0.15, -0.1) is 0 Å². The number of likely N-dealkylation sites (tertiary alicyclic amines) is 2. The van der Waals surface area contributed by atoms with Gasteiger partial charge in [0.1, 0.15) is 5.76 Å². The zero-order valence-corrected chi connectivity index (χ0v) is 13.5. The molecule has 0 radical (unpaired) electrons. The van der Waals surface area contributed by atoms with Crippen molar-refractivity contribution in [2.45, 2.75) is 45.1 Å². The Kier molecular flexibility index (Phi) is 5.10. The second-order valence-electron chi connectivity index (χ2n) is 6.79. The smallest absolute Gasteiger partial charge is 0.280 e. The summed E-state index contributed by atoms with van der Waals surface area (Å²) in [5, 5.41) is 6.62. The standard InChI is InChI=1S/C16H26N4O2/c1-13-11-15(18-22-13)17-16(21)12-19-9-5-14(6-10-19)20-7-3-2-4-8-20/h11,14H,2-10,12H2,1H3,(H,17,18,21)/p+2. The minimum Gasteiger partial charge on any atom is -0.360 e. The molecule has 122 valence electrons. The normalized spacial score (nSPS) is 26.8. The van der Waals surface area contributed by atoms with E-state index in [-0.39, 0.29) is 5.91 Å². The van der Waals surface area contributed by atoms with E-state index >= 15 is 0 Å². The number of rotatable bonds is 4. The second-order valence-corrected chi connectivity index (χ2v) is 6.79. The van der Waals surface area contributed by atoms with Crippen molar-refractivity contribution in [2.24, 2.45) is 0 Å². The Morgan fingerprint density at radius 2 is 2.00 bits per heavy atom. The number of aryl methyl sites for hydroxylation is 1. The fourth-order valence-electron chi connectivity index (χ4n) is 3.86. The monoisotopic (exact) mass is 308 g/mol. The van der Waals surface area contributed by atoms with E-state index in [0.29, 0.717) is 18.1 Å². The summed E-state index contributed by atoms with van der Waals surface area (Å²) in [7, 11) is 0. The molecule has 22 heavy (non-hydrogen) atoms. The lowest BCUT2D eigenvalue weighted by Crippen LogP contribution is -3.21. The third kappa shape index (κ3) is 4.08. The van der Waals surface area contributed by atoms with Gasteiger partial charge >= 0.3 is 0 Å². The van der Waals surface area contributed by atoms with Gasteiger partial charge < -0.3 is 19.6 Å². The van der Waals surface area contributed by atoms with Crippen molar-refractivity contribution in [1.29, 1.82) is 0 Å². The van der Waals surface area contributed by atoms with Crippen molar-refractivity contribution in [3.05, 3.63) is 11.8 Å². The molecule has 1 aromatic heterocycles. The van der Waals surface area contributed by atoms with Crippen molar-refractivity contribution in [1.82, 2.24) is 5.16 Å². The molecule has 0 spiro atoms. The van der Waals surface area contributed by atoms with Gasteiger partial charge in [-0.3, -0.25) is 4.79 Å². The number of nitrogens with one attached hydrogen (secondary N) is 3. The largest absolute Gasteiger partial charge is 0.360 e. The maximum Gasteiger partial charge on any atom is 0.280 e. The van der Waals surface area contributed by atoms with Gasteiger partial charge in [0.2, 0.25) is 0 Å². The van der Waals surface area contributed by atoms with Crippen LogP contribution in [0.4, 0.5) is 5.82 Å². The summed E-state index contributed by atoms with van der Waals surface area (Å²) in [5.41, 5.74) is 0. The molecule has 2 aliphatic rings. The Balaban J connectivity index is 1.40. The minimum absolute atomic E-state index is 0.0343. The first-order chi connectivity index (χ1) is 10.7. The number of carbonyl (C=O) groups is 1. The van der Waals surface area contributed by atoms with Gasteiger partial charge in [0.15, 0.2) is 12.4 Å². The summed E-state index contributed by atoms with van der Waals surface area (Å²) >= 11 is 0. The van der Waals surface area contributed by atoms with E-state index in [1.165, 1.54) is 50.1 Å². The third-order valence-corrected chi connectivity index (χ3v) is 5.07. The van der Waals surface area contributed by atoms with Crippen LogP contribution >= 0.6 is 0 Å². The van der Waals surface area contributed by atoms with Gasteiger partial charge in [0.05, 0.1) is 32.2 Å². The first-order valence-corrected chi connectivity index (χ1v) is 8.62. The minimum atomic E-state index is 0.0343. The molecule has 1 aromatic rings. The lowest BCUT2D eigenvalue weighted by atomic mass is 10.00. The summed E-state index contributed by atoms with van der Waals surface area (Å²) in [4.78, 5) is 15.3. The zero-order valence-electron chi connectivity index (χ0n) is 13.5. The average molecular weight is 308 g/mol. The van der Waals surface area contributed by atoms with Crippen LogP contribution in [-0.2, 0) is 4.79 Å². The van der Waals surface area contributed by atoms with Gasteiger partial charge in [-0.05, 0) is 26.2 Å². The van der Waals surface area contributed by atoms with E-state index in [9.17, 15) is 4.79 Å². The molecule has 3 N–H and O–H groups in total. The lowest BCUT2D eigenvalue weighted by molar-refractivity contribution is -0.958. The Morgan fingerprint density at radius 1 is 1.27 bits per heavy atom. The molecule has 0 aliphatic carbocycles. The lowest BCUT2D eigenvalue weighted by Gasteiger charge is -2.35. The zero-order chi connectivity index (χ0) is 15.4. The van der Waals surface area contributed by atoms with Crippen molar-refractivity contribution in [2.75, 3.05) is 38.0 Å². The molecule has 3 rings (SSSR count). The maximum absolute atomic E-state index is 12.1. The van der Waals surface area contributed by atoms with Crippen LogP contribution < -0.4 is 15.1 Å². The van der Waals surface area contributed by atoms with Crippen LogP contribution in [0.3, 0.4) is 0 Å². The SMILES string of the molecule is Cc1cc(NC(=O)C[NH+]2CCC([NH+]3CCCCC3)CC2)no1. The molecule has 3 heterocycles. The number of anilines is 1. The molecule has 0 aromatic carbocycles. The highest BCUT2D eigenvalue weighted by Crippen LogP contribution is 2.06. The number of hydrogen-bond acceptors (Lipinski definition) is 3. The molecule has 0 saturated carbocycles. The van der Waals surface area contributed by atoms with Gasteiger partial charge in [0.25, 0.3) is 5.91 Å². The van der Waals surface area contributed by atoms with Crippen molar-refractivity contribution < 1.29 is 19.1 Å². The highest BCUT2D eigenvalue weighted by molar-refractivity contribution is 5.90. The summed E-state index contributed by atoms with van der Waals surface area (Å²) in [5.74, 6) is 1.27. The number of piperidine rings is 2. The first kappa shape index (κ1) is 15.5. The van der Waals surface area contributed by atoms with Crippen molar-refractivity contribution >= 4 is 11.7 Å². The summed E-state index contributed by atoms with van der Waals surface area (Å²) < 4.78 is 4.96. The number of amides is 1. The van der Waals surface area contributed by atoms with Crippen LogP contribution in [0.25, 0.3) is 0 Å². The van der Waals surface area contributed by atoms with Gasteiger partial charge in [0, 0.05) is 18.9 Å². The van der Waals surface area contributed by atoms with Crippen LogP contribution in [0, 0.1) is 6.92 Å². The Hall–Kier alpha value is -1.40. The van der Waals surface area contributed by atoms with Crippen LogP contribution in [-0.4, -0.2) is 49.8 Å². The molecule has 0 atom stereocenters. The number of nitrogens with zero attached hydrogens (tertiary/aromatic N) is 1. The van der Waals surface area contributed by atoms with E-state index in [0.717, 1.165) is 19.1 Å². The summed E-state index contributed by atoms with van der Waals surface area (Å²) in [6.45, 7) is 7.28. The molecule has 1 amide bonds. The molecule has 6 heteroatoms. The highest BCUT2D eigenvalue weighted by Gasteiger charge is 2.31. The Bertz CT molecular complexity index is 488. The predicted octanol–water partition coefficient (Wildman–Crippen LogP) is -0.962. The van der Waals surface area contributed by atoms with Crippen LogP contribution in [0.2, 0.25) is 0 Å². The van der Waals surface area contributed by atoms with Gasteiger partial charge in [-0.25, -0.2) is 0 Å². The van der Waals surface area contributed by atoms with E-state index in [1.807, 2.05) is 11.8 Å². The van der Waals surface area contributed by atoms with E-state index in [4.69, 9.17) is 4.52 Å². The van der Waals surface area contributed by atoms with Gasteiger partial charge in [-0.2, -0.15) is 0 Å². The molecule has 2 saturated heterocycles. The fourth-order valence-corrected chi connectivity index (χ4v) is 3.86. The molecule has 2 aliphatic heterocycles. The molecular formula is C16H28N4O2+2. The van der Waals surface area contributed by atoms with E-state index < -0.39 is 0 Å². The van der Waals surface area contributed by atoms with E-state index in [1.54, 1.807) is 6.07 Å². The number of quaternary nitrogens is 2. The van der Waals surface area contributed by atoms with Crippen molar-refractivity contribution in [3.8, 4) is 0 Å². The molecule has 0 unspecified atom stereocenters. The topological polar surface area (TPSA) is 64.0 Å². The van der Waals surface area contributed by atoms with E-state index in [2.05, 4.69) is 10.5 Å². The molecule has 0 bridgehead atoms. The maximum atomic E-state index is 12.1. The number of hydrogen-bond donors (Lipinski definition) is 3. The fraction of sp³-hybridized carbons (Fsp3) is 0.750. The molecule has 6 nitrogen and oxygen atoms in total. The summed E-state index contributed by atoms with van der Waals surface area (Å²) in [6, 6.07) is 2.57. The third-order valence-electron chi connectivity index (χ3n) is 5.07. The predicted molar refractivity (Wildman–Crippen MR) is 83.0 cm³/mol. The van der Waals surface area contributed by atoms with Crippen LogP contribution in [0.1, 0.15) is 37.9 Å². The second kappa shape index (κ2) is 7.24. The van der Waals surface area contributed by atoms with Crippen LogP contribution in [0.5, 0.6) is 0 Å². The van der Waals surface area contributed by atoms with Crippen molar-refractivity contribution in [3.63, 3.8) is 0 Å². The molecule has 2 fully saturated rings. The Morgan fingerprint density at radius 3 is 2.64 bits per heavy atom. The first-order valence-electron chi connectivity index (χ1n) is 8.62. The molecular weight excluding hydrogens is 280 g/mol. The van der Waals surface area contributed by atoms with Crippen LogP contribution in [0.15, 0.2) is 10.6 Å².